The minimum Gasteiger partial charge on any atom is -0.354 e. The molecule has 7 heteroatoms. The number of sulfonamides is 1. The topological polar surface area (TPSA) is 69.7 Å². The third-order valence-electron chi connectivity index (χ3n) is 4.01. The Labute approximate surface area is 138 Å². The SMILES string of the molecule is CCN(CCNC(=O)CN(C)S(=O)(=O)c1ccccc1)C1CC1. The molecule has 0 spiro atoms. The van der Waals surface area contributed by atoms with Crippen LogP contribution in [0.3, 0.4) is 0 Å². The van der Waals surface area contributed by atoms with Gasteiger partial charge >= 0.3 is 0 Å². The summed E-state index contributed by atoms with van der Waals surface area (Å²) in [7, 11) is -2.20. The number of nitrogens with zero attached hydrogens (tertiary/aromatic N) is 2. The lowest BCUT2D eigenvalue weighted by atomic mass is 10.4. The van der Waals surface area contributed by atoms with Crippen molar-refractivity contribution in [3.8, 4) is 0 Å². The van der Waals surface area contributed by atoms with Gasteiger partial charge in [0, 0.05) is 26.2 Å². The monoisotopic (exact) mass is 339 g/mol. The molecule has 1 N–H and O–H groups in total. The maximum absolute atomic E-state index is 12.3. The summed E-state index contributed by atoms with van der Waals surface area (Å²) < 4.78 is 25.7. The molecule has 1 saturated carbocycles. The molecule has 23 heavy (non-hydrogen) atoms. The normalized spacial score (nSPS) is 15.1. The van der Waals surface area contributed by atoms with Gasteiger partial charge in [-0.15, -0.1) is 0 Å². The minimum atomic E-state index is -3.62. The molecule has 1 fully saturated rings. The molecule has 6 nitrogen and oxygen atoms in total. The Morgan fingerprint density at radius 2 is 1.91 bits per heavy atom. The van der Waals surface area contributed by atoms with Crippen LogP contribution in [0.25, 0.3) is 0 Å². The Balaban J connectivity index is 1.80. The molecular weight excluding hydrogens is 314 g/mol. The van der Waals surface area contributed by atoms with Gasteiger partial charge in [-0.1, -0.05) is 25.1 Å². The highest BCUT2D eigenvalue weighted by molar-refractivity contribution is 7.89. The average Bonchev–Trinajstić information content (AvgIpc) is 3.37. The Hall–Kier alpha value is -1.44. The second-order valence-corrected chi connectivity index (χ2v) is 7.83. The van der Waals surface area contributed by atoms with Crippen LogP contribution in [0.2, 0.25) is 0 Å². The number of likely N-dealkylation sites (N-methyl/N-ethyl adjacent to an activating group) is 2. The van der Waals surface area contributed by atoms with E-state index in [0.717, 1.165) is 17.4 Å². The molecule has 0 unspecified atom stereocenters. The van der Waals surface area contributed by atoms with Crippen LogP contribution in [0.1, 0.15) is 19.8 Å². The van der Waals surface area contributed by atoms with Crippen molar-refractivity contribution in [2.24, 2.45) is 0 Å². The molecule has 0 heterocycles. The number of carbonyl (C=O) groups is 1. The van der Waals surface area contributed by atoms with Crippen molar-refractivity contribution >= 4 is 15.9 Å². The zero-order valence-corrected chi connectivity index (χ0v) is 14.6. The first-order chi connectivity index (χ1) is 10.9. The first kappa shape index (κ1) is 17.9. The Morgan fingerprint density at radius 1 is 1.26 bits per heavy atom. The molecule has 1 amide bonds. The van der Waals surface area contributed by atoms with Gasteiger partial charge in [-0.2, -0.15) is 4.31 Å². The van der Waals surface area contributed by atoms with Crippen molar-refractivity contribution in [2.45, 2.75) is 30.7 Å². The summed E-state index contributed by atoms with van der Waals surface area (Å²) in [5.41, 5.74) is 0. The fraction of sp³-hybridized carbons (Fsp3) is 0.562. The van der Waals surface area contributed by atoms with Gasteiger partial charge in [0.05, 0.1) is 11.4 Å². The molecule has 0 atom stereocenters. The summed E-state index contributed by atoms with van der Waals surface area (Å²) in [6, 6.07) is 8.80. The number of carbonyl (C=O) groups excluding carboxylic acids is 1. The summed E-state index contributed by atoms with van der Waals surface area (Å²) >= 11 is 0. The van der Waals surface area contributed by atoms with Crippen LogP contribution in [-0.2, 0) is 14.8 Å². The molecule has 0 aromatic heterocycles. The van der Waals surface area contributed by atoms with Crippen LogP contribution >= 0.6 is 0 Å². The van der Waals surface area contributed by atoms with E-state index in [2.05, 4.69) is 17.1 Å². The highest BCUT2D eigenvalue weighted by atomic mass is 32.2. The fourth-order valence-corrected chi connectivity index (χ4v) is 3.64. The molecule has 1 aliphatic rings. The number of hydrogen-bond donors (Lipinski definition) is 1. The smallest absolute Gasteiger partial charge is 0.243 e. The second-order valence-electron chi connectivity index (χ2n) is 5.78. The summed E-state index contributed by atoms with van der Waals surface area (Å²) in [6.07, 6.45) is 2.47. The highest BCUT2D eigenvalue weighted by Gasteiger charge is 2.27. The van der Waals surface area contributed by atoms with E-state index in [9.17, 15) is 13.2 Å². The molecular formula is C16H25N3O3S. The van der Waals surface area contributed by atoms with Crippen molar-refractivity contribution in [3.05, 3.63) is 30.3 Å². The van der Waals surface area contributed by atoms with E-state index in [4.69, 9.17) is 0 Å². The van der Waals surface area contributed by atoms with Crippen LogP contribution in [0.5, 0.6) is 0 Å². The van der Waals surface area contributed by atoms with Crippen molar-refractivity contribution in [3.63, 3.8) is 0 Å². The molecule has 1 aliphatic carbocycles. The van der Waals surface area contributed by atoms with Crippen molar-refractivity contribution in [1.82, 2.24) is 14.5 Å². The molecule has 0 saturated heterocycles. The van der Waals surface area contributed by atoms with Crippen LogP contribution in [0.15, 0.2) is 35.2 Å². The fourth-order valence-electron chi connectivity index (χ4n) is 2.49. The van der Waals surface area contributed by atoms with Crippen LogP contribution in [0.4, 0.5) is 0 Å². The van der Waals surface area contributed by atoms with Gasteiger partial charge in [-0.3, -0.25) is 9.69 Å². The van der Waals surface area contributed by atoms with Gasteiger partial charge in [0.2, 0.25) is 15.9 Å². The molecule has 1 aromatic rings. The minimum absolute atomic E-state index is 0.174. The van der Waals surface area contributed by atoms with Crippen LogP contribution in [0, 0.1) is 0 Å². The summed E-state index contributed by atoms with van der Waals surface area (Å²) in [5, 5.41) is 2.80. The predicted octanol–water partition coefficient (Wildman–Crippen LogP) is 0.908. The third-order valence-corrected chi connectivity index (χ3v) is 5.83. The maximum Gasteiger partial charge on any atom is 0.243 e. The van der Waals surface area contributed by atoms with Crippen LogP contribution < -0.4 is 5.32 Å². The van der Waals surface area contributed by atoms with Gasteiger partial charge in [-0.25, -0.2) is 8.42 Å². The largest absolute Gasteiger partial charge is 0.354 e. The zero-order valence-electron chi connectivity index (χ0n) is 13.7. The van der Waals surface area contributed by atoms with E-state index in [1.165, 1.54) is 32.0 Å². The first-order valence-corrected chi connectivity index (χ1v) is 9.41. The van der Waals surface area contributed by atoms with Gasteiger partial charge in [0.25, 0.3) is 0 Å². The van der Waals surface area contributed by atoms with Gasteiger partial charge in [0.1, 0.15) is 0 Å². The van der Waals surface area contributed by atoms with Gasteiger partial charge in [0.15, 0.2) is 0 Å². The first-order valence-electron chi connectivity index (χ1n) is 7.97. The zero-order chi connectivity index (χ0) is 16.9. The van der Waals surface area contributed by atoms with E-state index in [1.54, 1.807) is 18.2 Å². The Kier molecular flexibility index (Phi) is 6.15. The van der Waals surface area contributed by atoms with Gasteiger partial charge in [-0.05, 0) is 31.5 Å². The van der Waals surface area contributed by atoms with E-state index >= 15 is 0 Å². The highest BCUT2D eigenvalue weighted by Crippen LogP contribution is 2.25. The quantitative estimate of drug-likeness (QED) is 0.726. The molecule has 0 aliphatic heterocycles. The summed E-state index contributed by atoms with van der Waals surface area (Å²) in [5.74, 6) is -0.279. The molecule has 0 radical (unpaired) electrons. The number of amides is 1. The Bertz CT molecular complexity index is 615. The lowest BCUT2D eigenvalue weighted by Crippen LogP contribution is -2.41. The lowest BCUT2D eigenvalue weighted by Gasteiger charge is -2.20. The summed E-state index contributed by atoms with van der Waals surface area (Å²) in [6.45, 7) is 4.26. The van der Waals surface area contributed by atoms with Crippen molar-refractivity contribution < 1.29 is 13.2 Å². The van der Waals surface area contributed by atoms with Gasteiger partial charge < -0.3 is 5.32 Å². The standard InChI is InChI=1S/C16H25N3O3S/c1-3-19(14-9-10-14)12-11-17-16(20)13-18(2)23(21,22)15-7-5-4-6-8-15/h4-8,14H,3,9-13H2,1-2H3,(H,17,20). The molecule has 128 valence electrons. The van der Waals surface area contributed by atoms with Crippen molar-refractivity contribution in [2.75, 3.05) is 33.2 Å². The Morgan fingerprint density at radius 3 is 2.48 bits per heavy atom. The lowest BCUT2D eigenvalue weighted by molar-refractivity contribution is -0.121. The maximum atomic E-state index is 12.3. The van der Waals surface area contributed by atoms with E-state index < -0.39 is 10.0 Å². The van der Waals surface area contributed by atoms with Crippen LogP contribution in [-0.4, -0.2) is 62.8 Å². The number of hydrogen-bond acceptors (Lipinski definition) is 4. The summed E-state index contributed by atoms with van der Waals surface area (Å²) in [4.78, 5) is 14.5. The molecule has 0 bridgehead atoms. The van der Waals surface area contributed by atoms with E-state index in [-0.39, 0.29) is 17.3 Å². The second kappa shape index (κ2) is 7.90. The van der Waals surface area contributed by atoms with E-state index in [0.29, 0.717) is 12.6 Å². The van der Waals surface area contributed by atoms with Crippen molar-refractivity contribution in [1.29, 1.82) is 0 Å². The molecule has 2 rings (SSSR count). The average molecular weight is 339 g/mol. The number of rotatable bonds is 9. The number of nitrogens with one attached hydrogen (secondary N) is 1. The number of benzene rings is 1. The van der Waals surface area contributed by atoms with E-state index in [1.807, 2.05) is 0 Å². The third kappa shape index (κ3) is 5.02. The predicted molar refractivity (Wildman–Crippen MR) is 89.5 cm³/mol. The molecule has 1 aromatic carbocycles.